The Balaban J connectivity index is 1.47. The molecule has 31 heavy (non-hydrogen) atoms. The summed E-state index contributed by atoms with van der Waals surface area (Å²) >= 11 is 0. The third-order valence-electron chi connectivity index (χ3n) is 7.32. The van der Waals surface area contributed by atoms with Crippen LogP contribution in [0.1, 0.15) is 36.8 Å². The lowest BCUT2D eigenvalue weighted by atomic mass is 9.69. The second-order valence-electron chi connectivity index (χ2n) is 9.18. The first-order chi connectivity index (χ1) is 14.9. The Hall–Kier alpha value is -2.12. The first-order valence-electron chi connectivity index (χ1n) is 11.1. The number of hydrogen-bond acceptors (Lipinski definition) is 6. The van der Waals surface area contributed by atoms with Crippen LogP contribution in [0.25, 0.3) is 0 Å². The normalized spacial score (nSPS) is 28.9. The SMILES string of the molecule is COc1ccc(CN2CC3(CCC(c4ccccc4)(N(C)C)CC3)NC2O)cc1OC. The van der Waals surface area contributed by atoms with Gasteiger partial charge in [0.1, 0.15) is 0 Å². The van der Waals surface area contributed by atoms with Crippen molar-refractivity contribution in [1.82, 2.24) is 15.1 Å². The second kappa shape index (κ2) is 8.79. The fraction of sp³-hybridized carbons (Fsp3) is 0.520. The molecule has 1 heterocycles. The number of nitrogens with one attached hydrogen (secondary N) is 1. The zero-order chi connectivity index (χ0) is 22.1. The molecule has 168 valence electrons. The number of rotatable bonds is 6. The molecule has 1 unspecified atom stereocenters. The molecular formula is C25H35N3O3. The van der Waals surface area contributed by atoms with E-state index < -0.39 is 6.35 Å². The average Bonchev–Trinajstić information content (AvgIpc) is 3.09. The van der Waals surface area contributed by atoms with Gasteiger partial charge in [-0.25, -0.2) is 0 Å². The van der Waals surface area contributed by atoms with Gasteiger partial charge in [0.25, 0.3) is 0 Å². The van der Waals surface area contributed by atoms with Crippen molar-refractivity contribution in [3.05, 3.63) is 59.7 Å². The molecule has 2 aromatic carbocycles. The molecule has 0 radical (unpaired) electrons. The standard InChI is InChI=1S/C25H35N3O3/c1-27(2)25(20-8-6-5-7-9-20)14-12-24(13-15-25)18-28(23(29)26-24)17-19-10-11-21(30-3)22(16-19)31-4/h5-11,16,23,26,29H,12-15,17-18H2,1-4H3. The smallest absolute Gasteiger partial charge is 0.163 e. The minimum atomic E-state index is -0.642. The van der Waals surface area contributed by atoms with Gasteiger partial charge in [0.2, 0.25) is 0 Å². The van der Waals surface area contributed by atoms with E-state index in [1.165, 1.54) is 5.56 Å². The van der Waals surface area contributed by atoms with Gasteiger partial charge in [-0.15, -0.1) is 0 Å². The Labute approximate surface area is 185 Å². The molecule has 0 aromatic heterocycles. The molecule has 0 bridgehead atoms. The van der Waals surface area contributed by atoms with Gasteiger partial charge in [-0.1, -0.05) is 36.4 Å². The first kappa shape index (κ1) is 22.1. The van der Waals surface area contributed by atoms with E-state index in [2.05, 4.69) is 59.5 Å². The molecular weight excluding hydrogens is 390 g/mol. The third-order valence-corrected chi connectivity index (χ3v) is 7.32. The monoisotopic (exact) mass is 425 g/mol. The second-order valence-corrected chi connectivity index (χ2v) is 9.18. The number of ether oxygens (including phenoxy) is 2. The van der Waals surface area contributed by atoms with Crippen molar-refractivity contribution >= 4 is 0 Å². The molecule has 2 fully saturated rings. The van der Waals surface area contributed by atoms with E-state index in [1.54, 1.807) is 14.2 Å². The summed E-state index contributed by atoms with van der Waals surface area (Å²) in [5.74, 6) is 1.43. The molecule has 1 spiro atoms. The van der Waals surface area contributed by atoms with Crippen molar-refractivity contribution in [3.8, 4) is 11.5 Å². The Morgan fingerprint density at radius 2 is 1.68 bits per heavy atom. The largest absolute Gasteiger partial charge is 0.493 e. The lowest BCUT2D eigenvalue weighted by Crippen LogP contribution is -2.54. The number of methoxy groups -OCH3 is 2. The van der Waals surface area contributed by atoms with Crippen LogP contribution in [0.15, 0.2) is 48.5 Å². The van der Waals surface area contributed by atoms with Crippen LogP contribution in [0, 0.1) is 0 Å². The van der Waals surface area contributed by atoms with Crippen LogP contribution in [0.3, 0.4) is 0 Å². The minimum absolute atomic E-state index is 0.0513. The van der Waals surface area contributed by atoms with Crippen molar-refractivity contribution in [2.24, 2.45) is 0 Å². The van der Waals surface area contributed by atoms with Crippen molar-refractivity contribution in [2.45, 2.75) is 49.7 Å². The Morgan fingerprint density at radius 1 is 1.00 bits per heavy atom. The van der Waals surface area contributed by atoms with E-state index in [9.17, 15) is 5.11 Å². The number of aliphatic hydroxyl groups is 1. The van der Waals surface area contributed by atoms with Crippen LogP contribution in [0.4, 0.5) is 0 Å². The third kappa shape index (κ3) is 4.17. The maximum atomic E-state index is 10.8. The highest BCUT2D eigenvalue weighted by molar-refractivity contribution is 5.43. The van der Waals surface area contributed by atoms with Crippen molar-refractivity contribution in [2.75, 3.05) is 34.9 Å². The van der Waals surface area contributed by atoms with Crippen LogP contribution in [-0.2, 0) is 12.1 Å². The van der Waals surface area contributed by atoms with Gasteiger partial charge < -0.3 is 14.6 Å². The maximum absolute atomic E-state index is 10.8. The highest BCUT2D eigenvalue weighted by Crippen LogP contribution is 2.46. The summed E-state index contributed by atoms with van der Waals surface area (Å²) in [7, 11) is 7.66. The molecule has 1 aliphatic heterocycles. The lowest BCUT2D eigenvalue weighted by Gasteiger charge is -2.49. The van der Waals surface area contributed by atoms with Gasteiger partial charge >= 0.3 is 0 Å². The summed E-state index contributed by atoms with van der Waals surface area (Å²) in [5, 5.41) is 14.3. The zero-order valence-corrected chi connectivity index (χ0v) is 19.1. The van der Waals surface area contributed by atoms with E-state index in [4.69, 9.17) is 9.47 Å². The van der Waals surface area contributed by atoms with Gasteiger partial charge in [-0.05, 0) is 63.0 Å². The topological polar surface area (TPSA) is 57.2 Å². The van der Waals surface area contributed by atoms with Gasteiger partial charge in [-0.2, -0.15) is 0 Å². The van der Waals surface area contributed by atoms with Crippen LogP contribution < -0.4 is 14.8 Å². The number of aliphatic hydroxyl groups excluding tert-OH is 1. The van der Waals surface area contributed by atoms with Gasteiger partial charge in [0.15, 0.2) is 17.9 Å². The molecule has 2 aliphatic rings. The van der Waals surface area contributed by atoms with Gasteiger partial charge in [0, 0.05) is 24.2 Å². The molecule has 2 N–H and O–H groups in total. The molecule has 1 saturated heterocycles. The summed E-state index contributed by atoms with van der Waals surface area (Å²) in [6.07, 6.45) is 3.54. The van der Waals surface area contributed by atoms with Crippen molar-refractivity contribution in [3.63, 3.8) is 0 Å². The Morgan fingerprint density at radius 3 is 2.29 bits per heavy atom. The summed E-state index contributed by atoms with van der Waals surface area (Å²) in [6, 6.07) is 16.8. The van der Waals surface area contributed by atoms with E-state index in [0.29, 0.717) is 12.3 Å². The fourth-order valence-corrected chi connectivity index (χ4v) is 5.43. The molecule has 4 rings (SSSR count). The molecule has 2 aromatic rings. The van der Waals surface area contributed by atoms with Gasteiger partial charge in [0.05, 0.1) is 14.2 Å². The van der Waals surface area contributed by atoms with Gasteiger partial charge in [-0.3, -0.25) is 15.1 Å². The Bertz CT molecular complexity index is 879. The van der Waals surface area contributed by atoms with Crippen LogP contribution in [0.5, 0.6) is 11.5 Å². The minimum Gasteiger partial charge on any atom is -0.493 e. The van der Waals surface area contributed by atoms with Crippen LogP contribution >= 0.6 is 0 Å². The Kier molecular flexibility index (Phi) is 6.26. The van der Waals surface area contributed by atoms with E-state index in [1.807, 2.05) is 18.2 Å². The molecule has 6 nitrogen and oxygen atoms in total. The van der Waals surface area contributed by atoms with E-state index in [0.717, 1.165) is 43.5 Å². The quantitative estimate of drug-likeness (QED) is 0.742. The van der Waals surface area contributed by atoms with Crippen LogP contribution in [0.2, 0.25) is 0 Å². The lowest BCUT2D eigenvalue weighted by molar-refractivity contribution is 0.0126. The summed E-state index contributed by atoms with van der Waals surface area (Å²) < 4.78 is 10.8. The molecule has 1 atom stereocenters. The van der Waals surface area contributed by atoms with Crippen molar-refractivity contribution < 1.29 is 14.6 Å². The first-order valence-corrected chi connectivity index (χ1v) is 11.1. The highest BCUT2D eigenvalue weighted by atomic mass is 16.5. The van der Waals surface area contributed by atoms with Crippen LogP contribution in [-0.4, -0.2) is 61.7 Å². The predicted octanol–water partition coefficient (Wildman–Crippen LogP) is 3.15. The highest BCUT2D eigenvalue weighted by Gasteiger charge is 2.49. The molecule has 1 aliphatic carbocycles. The van der Waals surface area contributed by atoms with Crippen molar-refractivity contribution in [1.29, 1.82) is 0 Å². The van der Waals surface area contributed by atoms with E-state index >= 15 is 0 Å². The molecule has 1 saturated carbocycles. The molecule has 0 amide bonds. The summed E-state index contributed by atoms with van der Waals surface area (Å²) in [5.41, 5.74) is 2.48. The maximum Gasteiger partial charge on any atom is 0.163 e. The summed E-state index contributed by atoms with van der Waals surface area (Å²) in [6.45, 7) is 1.49. The number of hydrogen-bond donors (Lipinski definition) is 2. The van der Waals surface area contributed by atoms with E-state index in [-0.39, 0.29) is 11.1 Å². The fourth-order valence-electron chi connectivity index (χ4n) is 5.43. The summed E-state index contributed by atoms with van der Waals surface area (Å²) in [4.78, 5) is 4.49. The zero-order valence-electron chi connectivity index (χ0n) is 19.1. The number of nitrogens with zero attached hydrogens (tertiary/aromatic N) is 2. The predicted molar refractivity (Wildman–Crippen MR) is 122 cm³/mol. The average molecular weight is 426 g/mol. The molecule has 6 heteroatoms. The number of benzene rings is 2.